The number of nitrogens with zero attached hydrogens (tertiary/aromatic N) is 1. The number of nitrogens with two attached hydrogens (primary N) is 1. The first kappa shape index (κ1) is 14.8. The number of halogens is 1. The molecule has 0 aromatic heterocycles. The summed E-state index contributed by atoms with van der Waals surface area (Å²) in [5.41, 5.74) is 4.92. The molecule has 102 valence electrons. The van der Waals surface area contributed by atoms with E-state index in [4.69, 9.17) is 15.9 Å². The third-order valence-corrected chi connectivity index (χ3v) is 4.29. The number of benzene rings is 1. The van der Waals surface area contributed by atoms with Gasteiger partial charge in [0, 0.05) is 13.1 Å². The van der Waals surface area contributed by atoms with Crippen LogP contribution in [0.25, 0.3) is 0 Å². The largest absolute Gasteiger partial charge is 0.395 e. The highest BCUT2D eigenvalue weighted by molar-refractivity contribution is 7.89. The highest BCUT2D eigenvalue weighted by Crippen LogP contribution is 2.24. The summed E-state index contributed by atoms with van der Waals surface area (Å²) in [5.74, 6) is -0.830. The molecule has 0 aliphatic rings. The topological polar surface area (TPSA) is 104 Å². The van der Waals surface area contributed by atoms with Crippen LogP contribution in [0, 0.1) is 5.82 Å². The van der Waals surface area contributed by atoms with Crippen molar-refractivity contribution >= 4 is 15.7 Å². The van der Waals surface area contributed by atoms with Gasteiger partial charge in [-0.2, -0.15) is 4.31 Å². The minimum absolute atomic E-state index is 0.196. The van der Waals surface area contributed by atoms with Gasteiger partial charge in [-0.25, -0.2) is 12.8 Å². The summed E-state index contributed by atoms with van der Waals surface area (Å²) in [6.07, 6.45) is 0. The van der Waals surface area contributed by atoms with Crippen LogP contribution in [-0.4, -0.2) is 49.2 Å². The van der Waals surface area contributed by atoms with E-state index in [1.54, 1.807) is 0 Å². The van der Waals surface area contributed by atoms with Gasteiger partial charge in [0.15, 0.2) is 0 Å². The van der Waals surface area contributed by atoms with E-state index < -0.39 is 34.7 Å². The Bertz CT molecular complexity index is 501. The summed E-state index contributed by atoms with van der Waals surface area (Å²) in [6, 6.07) is 3.46. The van der Waals surface area contributed by atoms with E-state index in [0.29, 0.717) is 0 Å². The van der Waals surface area contributed by atoms with Gasteiger partial charge in [0.05, 0.1) is 18.9 Å². The fraction of sp³-hybridized carbons (Fsp3) is 0.400. The zero-order chi connectivity index (χ0) is 13.8. The molecule has 0 spiro atoms. The summed E-state index contributed by atoms with van der Waals surface area (Å²) >= 11 is 0. The van der Waals surface area contributed by atoms with Gasteiger partial charge >= 0.3 is 0 Å². The molecule has 0 aliphatic heterocycles. The number of aliphatic hydroxyl groups is 2. The third kappa shape index (κ3) is 2.96. The molecule has 1 aromatic rings. The Morgan fingerprint density at radius 3 is 2.28 bits per heavy atom. The SMILES string of the molecule is Nc1c(F)cccc1S(=O)(=O)N(CCO)CCO. The van der Waals surface area contributed by atoms with Crippen LogP contribution < -0.4 is 5.73 Å². The summed E-state index contributed by atoms with van der Waals surface area (Å²) < 4.78 is 38.4. The Balaban J connectivity index is 3.22. The Morgan fingerprint density at radius 2 is 1.78 bits per heavy atom. The smallest absolute Gasteiger partial charge is 0.245 e. The second-order valence-corrected chi connectivity index (χ2v) is 5.41. The number of sulfonamides is 1. The zero-order valence-corrected chi connectivity index (χ0v) is 10.4. The van der Waals surface area contributed by atoms with Crippen LogP contribution in [-0.2, 0) is 10.0 Å². The van der Waals surface area contributed by atoms with E-state index >= 15 is 0 Å². The molecule has 0 atom stereocenters. The van der Waals surface area contributed by atoms with Crippen molar-refractivity contribution in [2.45, 2.75) is 4.90 Å². The van der Waals surface area contributed by atoms with Crippen molar-refractivity contribution in [1.29, 1.82) is 0 Å². The number of para-hydroxylation sites is 1. The molecule has 0 saturated carbocycles. The van der Waals surface area contributed by atoms with Crippen LogP contribution in [0.5, 0.6) is 0 Å². The van der Waals surface area contributed by atoms with Crippen molar-refractivity contribution in [3.63, 3.8) is 0 Å². The second kappa shape index (κ2) is 6.10. The van der Waals surface area contributed by atoms with Crippen molar-refractivity contribution < 1.29 is 23.0 Å². The van der Waals surface area contributed by atoms with Crippen molar-refractivity contribution in [2.24, 2.45) is 0 Å². The van der Waals surface area contributed by atoms with Crippen LogP contribution in [0.15, 0.2) is 23.1 Å². The lowest BCUT2D eigenvalue weighted by atomic mass is 10.3. The first-order chi connectivity index (χ1) is 8.45. The average molecular weight is 278 g/mol. The molecular formula is C10H15FN2O4S. The highest BCUT2D eigenvalue weighted by atomic mass is 32.2. The lowest BCUT2D eigenvalue weighted by molar-refractivity contribution is 0.217. The van der Waals surface area contributed by atoms with E-state index in [0.717, 1.165) is 10.4 Å². The minimum atomic E-state index is -4.03. The molecule has 0 radical (unpaired) electrons. The van der Waals surface area contributed by atoms with Crippen molar-refractivity contribution in [2.75, 3.05) is 32.0 Å². The summed E-state index contributed by atoms with van der Waals surface area (Å²) in [7, 11) is -4.03. The normalized spacial score (nSPS) is 12.0. The molecule has 18 heavy (non-hydrogen) atoms. The highest BCUT2D eigenvalue weighted by Gasteiger charge is 2.26. The Labute approximate surface area is 105 Å². The fourth-order valence-corrected chi connectivity index (χ4v) is 3.00. The summed E-state index contributed by atoms with van der Waals surface area (Å²) in [5, 5.41) is 17.6. The number of nitrogen functional groups attached to an aromatic ring is 1. The van der Waals surface area contributed by atoms with E-state index in [1.165, 1.54) is 12.1 Å². The van der Waals surface area contributed by atoms with Crippen LogP contribution in [0.3, 0.4) is 0 Å². The van der Waals surface area contributed by atoms with Gasteiger partial charge in [0.2, 0.25) is 10.0 Å². The lowest BCUT2D eigenvalue weighted by Crippen LogP contribution is -2.36. The molecular weight excluding hydrogens is 263 g/mol. The molecule has 1 aromatic carbocycles. The maximum Gasteiger partial charge on any atom is 0.245 e. The number of hydrogen-bond donors (Lipinski definition) is 3. The van der Waals surface area contributed by atoms with Gasteiger partial charge in [-0.1, -0.05) is 6.07 Å². The van der Waals surface area contributed by atoms with Crippen molar-refractivity contribution in [3.8, 4) is 0 Å². The zero-order valence-electron chi connectivity index (χ0n) is 9.58. The number of rotatable bonds is 6. The number of hydrogen-bond acceptors (Lipinski definition) is 5. The van der Waals surface area contributed by atoms with Gasteiger partial charge in [-0.15, -0.1) is 0 Å². The lowest BCUT2D eigenvalue weighted by Gasteiger charge is -2.21. The van der Waals surface area contributed by atoms with Gasteiger partial charge in [0.25, 0.3) is 0 Å². The molecule has 0 amide bonds. The molecule has 0 heterocycles. The van der Waals surface area contributed by atoms with E-state index in [2.05, 4.69) is 0 Å². The Hall–Kier alpha value is -1.22. The third-order valence-electron chi connectivity index (χ3n) is 2.33. The predicted octanol–water partition coefficient (Wildman–Crippen LogP) is -0.617. The maximum atomic E-state index is 13.2. The first-order valence-electron chi connectivity index (χ1n) is 5.21. The van der Waals surface area contributed by atoms with E-state index in [9.17, 15) is 12.8 Å². The monoisotopic (exact) mass is 278 g/mol. The van der Waals surface area contributed by atoms with Gasteiger partial charge < -0.3 is 15.9 Å². The molecule has 0 aliphatic carbocycles. The summed E-state index contributed by atoms with van der Waals surface area (Å²) in [4.78, 5) is -0.371. The minimum Gasteiger partial charge on any atom is -0.395 e. The fourth-order valence-electron chi connectivity index (χ4n) is 1.46. The molecule has 8 heteroatoms. The first-order valence-corrected chi connectivity index (χ1v) is 6.65. The van der Waals surface area contributed by atoms with Crippen LogP contribution >= 0.6 is 0 Å². The van der Waals surface area contributed by atoms with Crippen molar-refractivity contribution in [3.05, 3.63) is 24.0 Å². The maximum absolute atomic E-state index is 13.2. The van der Waals surface area contributed by atoms with E-state index in [1.807, 2.05) is 0 Å². The molecule has 0 saturated heterocycles. The molecule has 0 unspecified atom stereocenters. The van der Waals surface area contributed by atoms with Crippen LogP contribution in [0.2, 0.25) is 0 Å². The molecule has 0 bridgehead atoms. The van der Waals surface area contributed by atoms with E-state index in [-0.39, 0.29) is 18.0 Å². The number of anilines is 1. The van der Waals surface area contributed by atoms with Crippen molar-refractivity contribution in [1.82, 2.24) is 4.31 Å². The quantitative estimate of drug-likeness (QED) is 0.602. The summed E-state index contributed by atoms with van der Waals surface area (Å²) in [6.45, 7) is -1.21. The van der Waals surface area contributed by atoms with Gasteiger partial charge in [-0.3, -0.25) is 0 Å². The van der Waals surface area contributed by atoms with Gasteiger partial charge in [0.1, 0.15) is 10.7 Å². The predicted molar refractivity (Wildman–Crippen MR) is 63.7 cm³/mol. The molecule has 0 fully saturated rings. The molecule has 6 nitrogen and oxygen atoms in total. The molecule has 1 rings (SSSR count). The standard InChI is InChI=1S/C10H15FN2O4S/c11-8-2-1-3-9(10(8)12)18(16,17)13(4-6-14)5-7-15/h1-3,14-15H,4-7,12H2. The Morgan fingerprint density at radius 1 is 1.22 bits per heavy atom. The Kier molecular flexibility index (Phi) is 5.03. The average Bonchev–Trinajstić information content (AvgIpc) is 2.32. The molecule has 4 N–H and O–H groups in total. The number of aliphatic hydroxyl groups excluding tert-OH is 2. The second-order valence-electron chi connectivity index (χ2n) is 3.50. The van der Waals surface area contributed by atoms with Crippen LogP contribution in [0.1, 0.15) is 0 Å². The van der Waals surface area contributed by atoms with Gasteiger partial charge in [-0.05, 0) is 12.1 Å². The van der Waals surface area contributed by atoms with Crippen LogP contribution in [0.4, 0.5) is 10.1 Å².